The van der Waals surface area contributed by atoms with Crippen LogP contribution in [0.15, 0.2) is 54.4 Å². The smallest absolute Gasteiger partial charge is 0.274 e. The van der Waals surface area contributed by atoms with E-state index in [-0.39, 0.29) is 46.5 Å². The number of anilines is 1. The summed E-state index contributed by atoms with van der Waals surface area (Å²) in [6.45, 7) is 3.23. The van der Waals surface area contributed by atoms with E-state index in [1.807, 2.05) is 6.07 Å². The molecule has 3 aromatic rings. The Balaban J connectivity index is 1.41. The minimum absolute atomic E-state index is 0.0407. The summed E-state index contributed by atoms with van der Waals surface area (Å²) in [7, 11) is 1.35. The molecule has 1 aliphatic heterocycles. The zero-order chi connectivity index (χ0) is 28.9. The van der Waals surface area contributed by atoms with E-state index >= 15 is 8.78 Å². The number of nitrogens with two attached hydrogens (primary N) is 1. The van der Waals surface area contributed by atoms with Crippen LogP contribution < -0.4 is 20.5 Å². The van der Waals surface area contributed by atoms with E-state index in [2.05, 4.69) is 28.3 Å². The van der Waals surface area contributed by atoms with Crippen LogP contribution >= 0.6 is 0 Å². The third-order valence-electron chi connectivity index (χ3n) is 7.55. The number of carbonyl (C=O) groups is 1. The predicted molar refractivity (Wildman–Crippen MR) is 151 cm³/mol. The van der Waals surface area contributed by atoms with Gasteiger partial charge in [0.2, 0.25) is 0 Å². The molecule has 0 bridgehead atoms. The van der Waals surface area contributed by atoms with Crippen LogP contribution in [0.1, 0.15) is 61.0 Å². The van der Waals surface area contributed by atoms with Crippen molar-refractivity contribution >= 4 is 11.6 Å². The quantitative estimate of drug-likeness (QED) is 0.334. The second kappa shape index (κ2) is 12.7. The molecule has 3 N–H and O–H groups in total. The van der Waals surface area contributed by atoms with Crippen molar-refractivity contribution < 1.29 is 27.8 Å². The van der Waals surface area contributed by atoms with E-state index in [9.17, 15) is 4.79 Å². The molecule has 3 heterocycles. The number of ether oxygens (including phenoxy) is 3. The molecule has 2 aromatic heterocycles. The Morgan fingerprint density at radius 3 is 2.73 bits per heavy atom. The van der Waals surface area contributed by atoms with Gasteiger partial charge in [-0.15, -0.1) is 0 Å². The normalized spacial score (nSPS) is 19.4. The molecular weight excluding hydrogens is 530 g/mol. The summed E-state index contributed by atoms with van der Waals surface area (Å²) in [6, 6.07) is 6.82. The van der Waals surface area contributed by atoms with E-state index in [4.69, 9.17) is 19.9 Å². The van der Waals surface area contributed by atoms with Gasteiger partial charge in [-0.2, -0.15) is 0 Å². The minimum atomic E-state index is -0.797. The average Bonchev–Trinajstić information content (AvgIpc) is 2.97. The van der Waals surface area contributed by atoms with Crippen molar-refractivity contribution in [3.63, 3.8) is 0 Å². The lowest BCUT2D eigenvalue weighted by atomic mass is 9.81. The molecule has 1 aromatic carbocycles. The monoisotopic (exact) mass is 564 g/mol. The number of allylic oxidation sites excluding steroid dienone is 1. The highest BCUT2D eigenvalue weighted by Gasteiger charge is 2.26. The third-order valence-corrected chi connectivity index (χ3v) is 7.55. The number of pyridine rings is 2. The SMILES string of the molecule is CCC1=CC(N)CC(c2ccncc2NC(=O)c2ccc(F)c(-c3c(F)cc(OC4CCOCC4)cc3OC)n2)C1. The summed E-state index contributed by atoms with van der Waals surface area (Å²) >= 11 is 0. The maximum absolute atomic E-state index is 15.4. The van der Waals surface area contributed by atoms with Gasteiger partial charge in [-0.3, -0.25) is 9.78 Å². The first-order valence-electron chi connectivity index (χ1n) is 13.9. The van der Waals surface area contributed by atoms with Crippen molar-refractivity contribution in [3.05, 3.63) is 77.3 Å². The Morgan fingerprint density at radius 1 is 1.17 bits per heavy atom. The molecule has 216 valence electrons. The highest BCUT2D eigenvalue weighted by atomic mass is 19.1. The molecule has 1 saturated heterocycles. The number of benzene rings is 1. The molecule has 2 unspecified atom stereocenters. The summed E-state index contributed by atoms with van der Waals surface area (Å²) in [6.07, 6.45) is 9.09. The van der Waals surface area contributed by atoms with Crippen LogP contribution in [0.3, 0.4) is 0 Å². The van der Waals surface area contributed by atoms with Crippen LogP contribution in [-0.4, -0.2) is 48.3 Å². The number of methoxy groups -OCH3 is 1. The first-order chi connectivity index (χ1) is 19.9. The summed E-state index contributed by atoms with van der Waals surface area (Å²) in [5.41, 5.74) is 8.36. The predicted octanol–water partition coefficient (Wildman–Crippen LogP) is 5.78. The van der Waals surface area contributed by atoms with Gasteiger partial charge in [-0.1, -0.05) is 18.6 Å². The number of aromatic nitrogens is 2. The van der Waals surface area contributed by atoms with Gasteiger partial charge < -0.3 is 25.3 Å². The molecule has 1 amide bonds. The standard InChI is InChI=1S/C31H34F2N4O4/c1-3-18-12-19(14-20(34)13-18)23-6-9-35-17-27(23)37-31(38)26-5-4-24(32)30(36-26)29-25(33)15-22(16-28(29)39-2)41-21-7-10-40-11-8-21/h4-6,9,13,15-17,19-21H,3,7-8,10-12,14,34H2,1-2H3,(H,37,38). The summed E-state index contributed by atoms with van der Waals surface area (Å²) in [5.74, 6) is -1.74. The number of hydrogen-bond acceptors (Lipinski definition) is 7. The molecule has 1 aliphatic carbocycles. The molecule has 2 aliphatic rings. The molecule has 0 saturated carbocycles. The molecular formula is C31H34F2N4O4. The highest BCUT2D eigenvalue weighted by molar-refractivity contribution is 6.03. The van der Waals surface area contributed by atoms with Crippen molar-refractivity contribution in [3.8, 4) is 22.8 Å². The number of hydrogen-bond donors (Lipinski definition) is 2. The first-order valence-corrected chi connectivity index (χ1v) is 13.9. The number of rotatable bonds is 8. The molecule has 10 heteroatoms. The maximum atomic E-state index is 15.4. The van der Waals surface area contributed by atoms with Gasteiger partial charge >= 0.3 is 0 Å². The lowest BCUT2D eigenvalue weighted by Crippen LogP contribution is -2.26. The van der Waals surface area contributed by atoms with E-state index in [1.54, 1.807) is 12.4 Å². The molecule has 8 nitrogen and oxygen atoms in total. The fraction of sp³-hybridized carbons (Fsp3) is 0.387. The van der Waals surface area contributed by atoms with E-state index in [0.29, 0.717) is 31.7 Å². The number of halogens is 2. The topological polar surface area (TPSA) is 109 Å². The zero-order valence-corrected chi connectivity index (χ0v) is 23.2. The third kappa shape index (κ3) is 6.55. The first kappa shape index (κ1) is 28.6. The van der Waals surface area contributed by atoms with Crippen molar-refractivity contribution in [1.82, 2.24) is 9.97 Å². The van der Waals surface area contributed by atoms with Crippen LogP contribution in [0.5, 0.6) is 11.5 Å². The van der Waals surface area contributed by atoms with E-state index < -0.39 is 17.5 Å². The fourth-order valence-electron chi connectivity index (χ4n) is 5.47. The Labute approximate surface area is 237 Å². The molecule has 41 heavy (non-hydrogen) atoms. The Morgan fingerprint density at radius 2 is 1.98 bits per heavy atom. The van der Waals surface area contributed by atoms with Gasteiger partial charge in [0.15, 0.2) is 0 Å². The second-order valence-corrected chi connectivity index (χ2v) is 10.3. The zero-order valence-electron chi connectivity index (χ0n) is 23.2. The van der Waals surface area contributed by atoms with Crippen molar-refractivity contribution in [2.24, 2.45) is 5.73 Å². The summed E-state index contributed by atoms with van der Waals surface area (Å²) in [4.78, 5) is 21.7. The van der Waals surface area contributed by atoms with Crippen molar-refractivity contribution in [1.29, 1.82) is 0 Å². The van der Waals surface area contributed by atoms with Gasteiger partial charge in [0.05, 0.1) is 37.8 Å². The van der Waals surface area contributed by atoms with Gasteiger partial charge in [0.25, 0.3) is 5.91 Å². The number of amides is 1. The Bertz CT molecular complexity index is 1440. The largest absolute Gasteiger partial charge is 0.496 e. The molecule has 0 spiro atoms. The molecule has 1 fully saturated rings. The van der Waals surface area contributed by atoms with E-state index in [0.717, 1.165) is 30.9 Å². The van der Waals surface area contributed by atoms with Gasteiger partial charge in [-0.05, 0) is 48.9 Å². The molecule has 2 atom stereocenters. The van der Waals surface area contributed by atoms with E-state index in [1.165, 1.54) is 30.9 Å². The van der Waals surface area contributed by atoms with Gasteiger partial charge in [-0.25, -0.2) is 13.8 Å². The highest BCUT2D eigenvalue weighted by Crippen LogP contribution is 2.39. The lowest BCUT2D eigenvalue weighted by Gasteiger charge is -2.28. The summed E-state index contributed by atoms with van der Waals surface area (Å²) < 4.78 is 47.1. The van der Waals surface area contributed by atoms with Crippen LogP contribution in [0.2, 0.25) is 0 Å². The van der Waals surface area contributed by atoms with Crippen molar-refractivity contribution in [2.75, 3.05) is 25.6 Å². The van der Waals surface area contributed by atoms with Crippen LogP contribution in [0.4, 0.5) is 14.5 Å². The van der Waals surface area contributed by atoms with Gasteiger partial charge in [0, 0.05) is 37.2 Å². The van der Waals surface area contributed by atoms with Gasteiger partial charge in [0.1, 0.15) is 40.6 Å². The Kier molecular flexibility index (Phi) is 8.90. The van der Waals surface area contributed by atoms with Crippen LogP contribution in [0, 0.1) is 11.6 Å². The number of nitrogens with zero attached hydrogens (tertiary/aromatic N) is 2. The van der Waals surface area contributed by atoms with Crippen LogP contribution in [-0.2, 0) is 4.74 Å². The average molecular weight is 565 g/mol. The minimum Gasteiger partial charge on any atom is -0.496 e. The maximum Gasteiger partial charge on any atom is 0.274 e. The fourth-order valence-corrected chi connectivity index (χ4v) is 5.47. The second-order valence-electron chi connectivity index (χ2n) is 10.3. The molecule has 0 radical (unpaired) electrons. The molecule has 5 rings (SSSR count). The Hall–Kier alpha value is -3.89. The van der Waals surface area contributed by atoms with Crippen molar-refractivity contribution in [2.45, 2.75) is 57.1 Å². The van der Waals surface area contributed by atoms with Crippen LogP contribution in [0.25, 0.3) is 11.3 Å². The summed E-state index contributed by atoms with van der Waals surface area (Å²) in [5, 5.41) is 2.87. The number of nitrogens with one attached hydrogen (secondary N) is 1. The lowest BCUT2D eigenvalue weighted by molar-refractivity contribution is 0.0254. The number of carbonyl (C=O) groups excluding carboxylic acids is 1.